The molecule has 2 heterocycles. The Morgan fingerprint density at radius 1 is 1.48 bits per heavy atom. The van der Waals surface area contributed by atoms with Crippen LogP contribution >= 0.6 is 27.3 Å². The monoisotopic (exact) mass is 372 g/mol. The Labute approximate surface area is 135 Å². The van der Waals surface area contributed by atoms with Gasteiger partial charge in [0.2, 0.25) is 5.91 Å². The molecule has 5 nitrogen and oxygen atoms in total. The summed E-state index contributed by atoms with van der Waals surface area (Å²) in [4.78, 5) is 24.6. The van der Waals surface area contributed by atoms with E-state index in [4.69, 9.17) is 4.74 Å². The minimum atomic E-state index is -0.334. The number of likely N-dealkylation sites (N-methyl/N-ethyl adjacent to an activating group) is 1. The summed E-state index contributed by atoms with van der Waals surface area (Å²) in [7, 11) is 1.60. The number of carbonyl (C=O) groups excluding carboxylic acids is 2. The van der Waals surface area contributed by atoms with E-state index in [1.54, 1.807) is 7.05 Å². The van der Waals surface area contributed by atoms with Gasteiger partial charge in [-0.25, -0.2) is 4.79 Å². The molecule has 0 aromatic carbocycles. The highest BCUT2D eigenvalue weighted by Gasteiger charge is 2.24. The fourth-order valence-electron chi connectivity index (χ4n) is 2.06. The Kier molecular flexibility index (Phi) is 4.73. The van der Waals surface area contributed by atoms with Crippen LogP contribution < -0.4 is 5.32 Å². The first-order chi connectivity index (χ1) is 9.86. The van der Waals surface area contributed by atoms with Crippen molar-refractivity contribution in [1.82, 2.24) is 9.72 Å². The van der Waals surface area contributed by atoms with Crippen molar-refractivity contribution in [2.75, 3.05) is 7.05 Å². The molecule has 0 atom stereocenters. The van der Waals surface area contributed by atoms with Crippen molar-refractivity contribution in [2.24, 2.45) is 0 Å². The van der Waals surface area contributed by atoms with Gasteiger partial charge in [-0.1, -0.05) is 0 Å². The van der Waals surface area contributed by atoms with Crippen LogP contribution in [-0.2, 0) is 16.0 Å². The quantitative estimate of drug-likeness (QED) is 0.839. The second kappa shape index (κ2) is 6.19. The van der Waals surface area contributed by atoms with E-state index in [-0.39, 0.29) is 24.4 Å². The average Bonchev–Trinajstić information content (AvgIpc) is 2.90. The van der Waals surface area contributed by atoms with Gasteiger partial charge in [-0.2, -0.15) is 0 Å². The number of thiazole rings is 1. The van der Waals surface area contributed by atoms with E-state index in [1.807, 2.05) is 30.6 Å². The number of nitrogens with zero attached hydrogens (tertiary/aromatic N) is 1. The van der Waals surface area contributed by atoms with Crippen molar-refractivity contribution < 1.29 is 14.3 Å². The van der Waals surface area contributed by atoms with E-state index in [1.165, 1.54) is 11.3 Å². The minimum absolute atomic E-state index is 0.0701. The molecule has 0 radical (unpaired) electrons. The summed E-state index contributed by atoms with van der Waals surface area (Å²) in [6, 6.07) is 0. The normalized spacial score (nSPS) is 11.1. The number of amides is 1. The number of ether oxygens (including phenoxy) is 1. The fraction of sp³-hybridized carbons (Fsp3) is 0.429. The predicted molar refractivity (Wildman–Crippen MR) is 86.0 cm³/mol. The van der Waals surface area contributed by atoms with E-state index < -0.39 is 0 Å². The highest BCUT2D eigenvalue weighted by molar-refractivity contribution is 9.10. The zero-order valence-corrected chi connectivity index (χ0v) is 14.7. The third-order valence-electron chi connectivity index (χ3n) is 3.06. The molecule has 2 aromatic heterocycles. The topological polar surface area (TPSA) is 59.8 Å². The lowest BCUT2D eigenvalue weighted by molar-refractivity contribution is -0.120. The molecule has 2 rings (SSSR count). The molecular formula is C14H17BrN2O3S. The number of hydrogen-bond donors (Lipinski definition) is 1. The smallest absolute Gasteiger partial charge is 0.341 e. The van der Waals surface area contributed by atoms with E-state index >= 15 is 0 Å². The number of carbonyl (C=O) groups is 2. The summed E-state index contributed by atoms with van der Waals surface area (Å²) in [5.41, 5.74) is 2.22. The molecule has 0 aliphatic heterocycles. The zero-order chi connectivity index (χ0) is 15.7. The summed E-state index contributed by atoms with van der Waals surface area (Å²) < 4.78 is 7.98. The number of fused-ring (bicyclic) bond motifs is 1. The van der Waals surface area contributed by atoms with E-state index in [9.17, 15) is 9.59 Å². The number of nitrogens with one attached hydrogen (secondary N) is 1. The Morgan fingerprint density at radius 3 is 2.71 bits per heavy atom. The van der Waals surface area contributed by atoms with Crippen molar-refractivity contribution in [1.29, 1.82) is 0 Å². The van der Waals surface area contributed by atoms with Crippen LogP contribution in [0.3, 0.4) is 0 Å². The molecule has 0 aliphatic rings. The SMILES string of the molecule is CNC(=O)Cc1csc2c(C(=O)OC(C)C)c(C)c(Br)n12. The third-order valence-corrected chi connectivity index (χ3v) is 5.01. The second-order valence-corrected chi connectivity index (χ2v) is 6.57. The molecule has 7 heteroatoms. The van der Waals surface area contributed by atoms with E-state index in [2.05, 4.69) is 21.2 Å². The van der Waals surface area contributed by atoms with Gasteiger partial charge < -0.3 is 10.1 Å². The maximum atomic E-state index is 12.3. The van der Waals surface area contributed by atoms with Crippen LogP contribution in [-0.4, -0.2) is 29.4 Å². The van der Waals surface area contributed by atoms with Crippen molar-refractivity contribution in [3.05, 3.63) is 26.8 Å². The van der Waals surface area contributed by atoms with Crippen LogP contribution in [0.1, 0.15) is 35.5 Å². The van der Waals surface area contributed by atoms with Crippen molar-refractivity contribution in [2.45, 2.75) is 33.3 Å². The molecule has 114 valence electrons. The summed E-state index contributed by atoms with van der Waals surface area (Å²) in [6.45, 7) is 5.51. The van der Waals surface area contributed by atoms with E-state index in [0.717, 1.165) is 20.7 Å². The molecule has 0 bridgehead atoms. The molecule has 1 N–H and O–H groups in total. The molecule has 0 saturated carbocycles. The molecule has 0 unspecified atom stereocenters. The second-order valence-electron chi connectivity index (χ2n) is 4.96. The molecule has 1 amide bonds. The number of esters is 1. The van der Waals surface area contributed by atoms with Gasteiger partial charge in [0, 0.05) is 18.1 Å². The third kappa shape index (κ3) is 2.98. The van der Waals surface area contributed by atoms with E-state index in [0.29, 0.717) is 5.56 Å². The van der Waals surface area contributed by atoms with Crippen molar-refractivity contribution in [3.8, 4) is 0 Å². The van der Waals surface area contributed by atoms with Crippen molar-refractivity contribution in [3.63, 3.8) is 0 Å². The van der Waals surface area contributed by atoms with Gasteiger partial charge in [0.15, 0.2) is 0 Å². The molecule has 0 fully saturated rings. The van der Waals surface area contributed by atoms with Gasteiger partial charge in [-0.15, -0.1) is 11.3 Å². The van der Waals surface area contributed by atoms with Crippen LogP contribution in [0.15, 0.2) is 9.98 Å². The van der Waals surface area contributed by atoms with Crippen LogP contribution in [0.4, 0.5) is 0 Å². The molecule has 0 saturated heterocycles. The van der Waals surface area contributed by atoms with Crippen LogP contribution in [0.2, 0.25) is 0 Å². The number of hydrogen-bond acceptors (Lipinski definition) is 4. The van der Waals surface area contributed by atoms with Crippen LogP contribution in [0, 0.1) is 6.92 Å². The van der Waals surface area contributed by atoms with Crippen LogP contribution in [0.5, 0.6) is 0 Å². The molecule has 2 aromatic rings. The first-order valence-electron chi connectivity index (χ1n) is 6.55. The lowest BCUT2D eigenvalue weighted by Gasteiger charge is -2.07. The summed E-state index contributed by atoms with van der Waals surface area (Å²) in [5, 5.41) is 4.49. The van der Waals surface area contributed by atoms with Gasteiger partial charge in [0.05, 0.1) is 22.7 Å². The number of halogens is 1. The molecule has 0 aliphatic carbocycles. The summed E-state index contributed by atoms with van der Waals surface area (Å²) in [6.07, 6.45) is 0.0953. The number of rotatable bonds is 4. The lowest BCUT2D eigenvalue weighted by Crippen LogP contribution is -2.20. The van der Waals surface area contributed by atoms with Crippen molar-refractivity contribution >= 4 is 44.0 Å². The van der Waals surface area contributed by atoms with Gasteiger partial charge >= 0.3 is 5.97 Å². The molecular weight excluding hydrogens is 356 g/mol. The largest absolute Gasteiger partial charge is 0.459 e. The van der Waals surface area contributed by atoms with Gasteiger partial charge in [0.25, 0.3) is 0 Å². The van der Waals surface area contributed by atoms with Gasteiger partial charge in [0.1, 0.15) is 4.83 Å². The summed E-state index contributed by atoms with van der Waals surface area (Å²) >= 11 is 4.94. The number of aromatic nitrogens is 1. The van der Waals surface area contributed by atoms with Gasteiger partial charge in [-0.05, 0) is 42.3 Å². The first-order valence-corrected chi connectivity index (χ1v) is 8.22. The molecule has 0 spiro atoms. The first kappa shape index (κ1) is 16.0. The highest BCUT2D eigenvalue weighted by Crippen LogP contribution is 2.33. The fourth-order valence-corrected chi connectivity index (χ4v) is 3.89. The Hall–Kier alpha value is -1.34. The summed E-state index contributed by atoms with van der Waals surface area (Å²) in [5.74, 6) is -0.404. The van der Waals surface area contributed by atoms with Crippen LogP contribution in [0.25, 0.3) is 4.83 Å². The lowest BCUT2D eigenvalue weighted by atomic mass is 10.2. The van der Waals surface area contributed by atoms with Gasteiger partial charge in [-0.3, -0.25) is 9.20 Å². The maximum Gasteiger partial charge on any atom is 0.341 e. The Bertz CT molecular complexity index is 703. The average molecular weight is 373 g/mol. The minimum Gasteiger partial charge on any atom is -0.459 e. The standard InChI is InChI=1S/C14H17BrN2O3S/c1-7(2)20-14(19)11-8(3)12(15)17-9(5-10(18)16-4)6-21-13(11)17/h6-7H,5H2,1-4H3,(H,16,18). The Morgan fingerprint density at radius 2 is 2.14 bits per heavy atom. The predicted octanol–water partition coefficient (Wildman–Crippen LogP) is 2.93. The molecule has 21 heavy (non-hydrogen) atoms. The Balaban J connectivity index is 2.52. The zero-order valence-electron chi connectivity index (χ0n) is 12.3. The maximum absolute atomic E-state index is 12.3. The highest BCUT2D eigenvalue weighted by atomic mass is 79.9.